The fraction of sp³-hybridized carbons (Fsp3) is 0.290. The first-order valence-electron chi connectivity index (χ1n) is 12.8. The molecule has 7 nitrogen and oxygen atoms in total. The SMILES string of the molecule is CCCCCOc1ccc(C2C(C#N)=C(N)Oc3cc(OC(=O)c4cccc(C)c4)ccc32)cc1OCC. The molecule has 0 fully saturated rings. The summed E-state index contributed by atoms with van der Waals surface area (Å²) >= 11 is 0. The third kappa shape index (κ3) is 5.92. The summed E-state index contributed by atoms with van der Waals surface area (Å²) in [7, 11) is 0. The normalized spacial score (nSPS) is 14.2. The Labute approximate surface area is 223 Å². The van der Waals surface area contributed by atoms with Crippen LogP contribution in [0.3, 0.4) is 0 Å². The number of nitrogens with zero attached hydrogens (tertiary/aromatic N) is 1. The van der Waals surface area contributed by atoms with E-state index in [9.17, 15) is 10.1 Å². The van der Waals surface area contributed by atoms with Gasteiger partial charge in [0, 0.05) is 11.6 Å². The topological polar surface area (TPSA) is 104 Å². The highest BCUT2D eigenvalue weighted by Gasteiger charge is 2.32. The molecule has 1 atom stereocenters. The summed E-state index contributed by atoms with van der Waals surface area (Å²) in [6.45, 7) is 7.05. The van der Waals surface area contributed by atoms with Crippen molar-refractivity contribution in [1.29, 1.82) is 5.26 Å². The van der Waals surface area contributed by atoms with Gasteiger partial charge in [-0.2, -0.15) is 5.26 Å². The van der Waals surface area contributed by atoms with Crippen molar-refractivity contribution in [1.82, 2.24) is 0 Å². The Hall–Kier alpha value is -4.44. The van der Waals surface area contributed by atoms with E-state index in [-0.39, 0.29) is 5.88 Å². The van der Waals surface area contributed by atoms with Crippen LogP contribution in [-0.2, 0) is 0 Å². The molecule has 1 unspecified atom stereocenters. The van der Waals surface area contributed by atoms with Gasteiger partial charge in [-0.25, -0.2) is 4.79 Å². The van der Waals surface area contributed by atoms with Crippen molar-refractivity contribution in [3.8, 4) is 29.1 Å². The van der Waals surface area contributed by atoms with Gasteiger partial charge in [-0.3, -0.25) is 0 Å². The average Bonchev–Trinajstić information content (AvgIpc) is 2.91. The smallest absolute Gasteiger partial charge is 0.343 e. The zero-order valence-electron chi connectivity index (χ0n) is 22.0. The predicted octanol–water partition coefficient (Wildman–Crippen LogP) is 6.40. The summed E-state index contributed by atoms with van der Waals surface area (Å²) in [5.41, 5.74) is 9.42. The van der Waals surface area contributed by atoms with Crippen LogP contribution in [-0.4, -0.2) is 19.2 Å². The minimum absolute atomic E-state index is 0.00464. The van der Waals surface area contributed by atoms with Crippen LogP contribution in [0, 0.1) is 18.3 Å². The van der Waals surface area contributed by atoms with Gasteiger partial charge in [0.15, 0.2) is 11.5 Å². The maximum Gasteiger partial charge on any atom is 0.343 e. The number of aryl methyl sites for hydroxylation is 1. The Bertz CT molecular complexity index is 1390. The number of esters is 1. The van der Waals surface area contributed by atoms with Gasteiger partial charge in [0.2, 0.25) is 5.88 Å². The van der Waals surface area contributed by atoms with E-state index < -0.39 is 11.9 Å². The lowest BCUT2D eigenvalue weighted by atomic mass is 9.83. The Morgan fingerprint density at radius 1 is 1.03 bits per heavy atom. The van der Waals surface area contributed by atoms with Crippen molar-refractivity contribution < 1.29 is 23.7 Å². The van der Waals surface area contributed by atoms with E-state index >= 15 is 0 Å². The molecule has 0 aromatic heterocycles. The minimum atomic E-state index is -0.487. The number of allylic oxidation sites excluding steroid dienone is 1. The largest absolute Gasteiger partial charge is 0.490 e. The summed E-state index contributed by atoms with van der Waals surface area (Å²) in [5, 5.41) is 9.94. The zero-order valence-corrected chi connectivity index (χ0v) is 22.0. The Morgan fingerprint density at radius 3 is 2.61 bits per heavy atom. The lowest BCUT2D eigenvalue weighted by molar-refractivity contribution is 0.0734. The van der Waals surface area contributed by atoms with Crippen molar-refractivity contribution in [2.75, 3.05) is 13.2 Å². The first-order chi connectivity index (χ1) is 18.4. The van der Waals surface area contributed by atoms with Gasteiger partial charge in [-0.05, 0) is 56.2 Å². The molecule has 0 bridgehead atoms. The summed E-state index contributed by atoms with van der Waals surface area (Å²) in [4.78, 5) is 12.7. The molecule has 0 radical (unpaired) electrons. The first kappa shape index (κ1) is 26.6. The number of hydrogen-bond donors (Lipinski definition) is 1. The number of nitriles is 1. The molecule has 0 saturated heterocycles. The maximum absolute atomic E-state index is 12.7. The molecular weight excluding hydrogens is 480 g/mol. The lowest BCUT2D eigenvalue weighted by Gasteiger charge is -2.27. The molecule has 7 heteroatoms. The van der Waals surface area contributed by atoms with E-state index in [2.05, 4.69) is 13.0 Å². The molecular formula is C31H32N2O5. The first-order valence-corrected chi connectivity index (χ1v) is 12.8. The predicted molar refractivity (Wildman–Crippen MR) is 145 cm³/mol. The number of benzene rings is 3. The highest BCUT2D eigenvalue weighted by Crippen LogP contribution is 2.45. The molecule has 3 aromatic rings. The Kier molecular flexibility index (Phi) is 8.55. The van der Waals surface area contributed by atoms with Crippen molar-refractivity contribution in [3.05, 3.63) is 94.4 Å². The molecule has 1 aliphatic rings. The quantitative estimate of drug-likeness (QED) is 0.190. The summed E-state index contributed by atoms with van der Waals surface area (Å²) < 4.78 is 23.2. The standard InChI is InChI=1S/C31H32N2O5/c1-4-6-7-15-36-26-14-11-21(17-28(26)35-5-2)29-24-13-12-23(18-27(24)38-30(33)25(29)19-32)37-31(34)22-10-8-9-20(3)16-22/h8-14,16-18,29H,4-7,15,33H2,1-3H3. The molecule has 196 valence electrons. The summed E-state index contributed by atoms with van der Waals surface area (Å²) in [6, 6.07) is 20.1. The van der Waals surface area contributed by atoms with Crippen LogP contribution in [0.2, 0.25) is 0 Å². The second-order valence-electron chi connectivity index (χ2n) is 9.08. The van der Waals surface area contributed by atoms with Crippen LogP contribution in [0.1, 0.15) is 66.1 Å². The van der Waals surface area contributed by atoms with E-state index in [4.69, 9.17) is 24.7 Å². The van der Waals surface area contributed by atoms with E-state index in [1.807, 2.05) is 38.1 Å². The maximum atomic E-state index is 12.7. The average molecular weight is 513 g/mol. The van der Waals surface area contributed by atoms with E-state index in [1.165, 1.54) is 0 Å². The number of unbranched alkanes of at least 4 members (excludes halogenated alkanes) is 2. The van der Waals surface area contributed by atoms with Crippen LogP contribution < -0.4 is 24.7 Å². The van der Waals surface area contributed by atoms with Crippen molar-refractivity contribution >= 4 is 5.97 Å². The second-order valence-corrected chi connectivity index (χ2v) is 9.08. The van der Waals surface area contributed by atoms with Crippen LogP contribution >= 0.6 is 0 Å². The third-order valence-electron chi connectivity index (χ3n) is 6.26. The minimum Gasteiger partial charge on any atom is -0.490 e. The van der Waals surface area contributed by atoms with Crippen molar-refractivity contribution in [3.63, 3.8) is 0 Å². The number of hydrogen-bond acceptors (Lipinski definition) is 7. The van der Waals surface area contributed by atoms with Gasteiger partial charge in [-0.15, -0.1) is 0 Å². The molecule has 0 amide bonds. The van der Waals surface area contributed by atoms with E-state index in [0.29, 0.717) is 47.3 Å². The fourth-order valence-corrected chi connectivity index (χ4v) is 4.41. The number of rotatable bonds is 10. The summed E-state index contributed by atoms with van der Waals surface area (Å²) in [6.07, 6.45) is 3.17. The molecule has 0 saturated carbocycles. The molecule has 3 aromatic carbocycles. The third-order valence-corrected chi connectivity index (χ3v) is 6.26. The molecule has 1 heterocycles. The van der Waals surface area contributed by atoms with Gasteiger partial charge in [0.1, 0.15) is 23.1 Å². The molecule has 0 aliphatic carbocycles. The van der Waals surface area contributed by atoms with Gasteiger partial charge >= 0.3 is 5.97 Å². The van der Waals surface area contributed by atoms with Gasteiger partial charge in [0.25, 0.3) is 0 Å². The summed E-state index contributed by atoms with van der Waals surface area (Å²) in [5.74, 6) is 1.04. The second kappa shape index (κ2) is 12.2. The number of ether oxygens (including phenoxy) is 4. The molecule has 0 spiro atoms. The molecule has 4 rings (SSSR count). The van der Waals surface area contributed by atoms with E-state index in [1.54, 1.807) is 36.4 Å². The van der Waals surface area contributed by atoms with Crippen LogP contribution in [0.4, 0.5) is 0 Å². The molecule has 2 N–H and O–H groups in total. The fourth-order valence-electron chi connectivity index (χ4n) is 4.41. The Morgan fingerprint density at radius 2 is 1.87 bits per heavy atom. The monoisotopic (exact) mass is 512 g/mol. The van der Waals surface area contributed by atoms with Crippen LogP contribution in [0.25, 0.3) is 0 Å². The number of fused-ring (bicyclic) bond motifs is 1. The van der Waals surface area contributed by atoms with Crippen molar-refractivity contribution in [2.24, 2.45) is 5.73 Å². The van der Waals surface area contributed by atoms with Gasteiger partial charge in [-0.1, -0.05) is 49.6 Å². The van der Waals surface area contributed by atoms with Gasteiger partial charge in [0.05, 0.1) is 24.7 Å². The Balaban J connectivity index is 1.65. The van der Waals surface area contributed by atoms with Crippen molar-refractivity contribution in [2.45, 2.75) is 46.0 Å². The van der Waals surface area contributed by atoms with Gasteiger partial charge < -0.3 is 24.7 Å². The highest BCUT2D eigenvalue weighted by molar-refractivity contribution is 5.91. The highest BCUT2D eigenvalue weighted by atomic mass is 16.5. The zero-order chi connectivity index (χ0) is 27.1. The molecule has 1 aliphatic heterocycles. The number of carbonyl (C=O) groups excluding carboxylic acids is 1. The number of nitrogens with two attached hydrogens (primary N) is 1. The van der Waals surface area contributed by atoms with E-state index in [0.717, 1.165) is 36.0 Å². The van der Waals surface area contributed by atoms with Crippen LogP contribution in [0.5, 0.6) is 23.0 Å². The lowest BCUT2D eigenvalue weighted by Crippen LogP contribution is -2.21. The molecule has 38 heavy (non-hydrogen) atoms. The number of carbonyl (C=O) groups is 1. The van der Waals surface area contributed by atoms with Crippen LogP contribution in [0.15, 0.2) is 72.1 Å².